The molecule has 0 bridgehead atoms. The number of nitrogens with one attached hydrogen (secondary N) is 1. The predicted molar refractivity (Wildman–Crippen MR) is 119 cm³/mol. The summed E-state index contributed by atoms with van der Waals surface area (Å²) < 4.78 is 29.5. The highest BCUT2D eigenvalue weighted by Gasteiger charge is 2.27. The van der Waals surface area contributed by atoms with Crippen molar-refractivity contribution in [2.75, 3.05) is 36.4 Å². The lowest BCUT2D eigenvalue weighted by Crippen LogP contribution is -2.35. The first-order chi connectivity index (χ1) is 14.3. The highest BCUT2D eigenvalue weighted by Crippen LogP contribution is 2.31. The molecule has 2 heterocycles. The van der Waals surface area contributed by atoms with Gasteiger partial charge in [-0.05, 0) is 51.8 Å². The molecule has 1 amide bonds. The molecule has 3 rings (SSSR count). The maximum absolute atomic E-state index is 13.2. The molecule has 2 aromatic rings. The average molecular weight is 434 g/mol. The number of aryl methyl sites for hydroxylation is 1. The van der Waals surface area contributed by atoms with E-state index in [1.807, 2.05) is 20.8 Å². The van der Waals surface area contributed by atoms with Crippen molar-refractivity contribution in [3.8, 4) is 0 Å². The van der Waals surface area contributed by atoms with E-state index in [1.165, 1.54) is 6.20 Å². The number of benzene rings is 1. The van der Waals surface area contributed by atoms with E-state index in [-0.39, 0.29) is 10.8 Å². The van der Waals surface area contributed by atoms with Crippen LogP contribution in [0.15, 0.2) is 29.3 Å². The lowest BCUT2D eigenvalue weighted by molar-refractivity contribution is 0.102. The molecule has 164 valence electrons. The highest BCUT2D eigenvalue weighted by atomic mass is 32.2. The molecule has 0 spiro atoms. The summed E-state index contributed by atoms with van der Waals surface area (Å²) in [6, 6.07) is 5.01. The standard InChI is InChI=1S/C21H31N5O3S/c1-5-25(6-2)20-11-10-17(30(28,29)26-12-8-7-9-13-26)14-19(20)23-21(27)18-15-22-24(4)16(18)3/h10-11,14-15H,5-9,12-13H2,1-4H3,(H,23,27). The van der Waals surface area contributed by atoms with Crippen molar-refractivity contribution in [2.24, 2.45) is 7.05 Å². The molecule has 1 saturated heterocycles. The normalized spacial score (nSPS) is 15.2. The van der Waals surface area contributed by atoms with E-state index in [4.69, 9.17) is 0 Å². The quantitative estimate of drug-likeness (QED) is 0.725. The lowest BCUT2D eigenvalue weighted by Gasteiger charge is -2.28. The van der Waals surface area contributed by atoms with Crippen molar-refractivity contribution in [3.05, 3.63) is 35.7 Å². The minimum Gasteiger partial charge on any atom is -0.370 e. The smallest absolute Gasteiger partial charge is 0.259 e. The minimum absolute atomic E-state index is 0.207. The molecule has 0 atom stereocenters. The van der Waals surface area contributed by atoms with Crippen LogP contribution in [0, 0.1) is 6.92 Å². The number of anilines is 2. The van der Waals surface area contributed by atoms with Gasteiger partial charge in [-0.2, -0.15) is 9.40 Å². The topological polar surface area (TPSA) is 87.5 Å². The van der Waals surface area contributed by atoms with Gasteiger partial charge in [0.2, 0.25) is 10.0 Å². The Hall–Kier alpha value is -2.39. The summed E-state index contributed by atoms with van der Waals surface area (Å²) in [4.78, 5) is 15.2. The van der Waals surface area contributed by atoms with Gasteiger partial charge in [-0.1, -0.05) is 6.42 Å². The monoisotopic (exact) mass is 433 g/mol. The second kappa shape index (κ2) is 9.18. The maximum atomic E-state index is 13.2. The molecule has 0 radical (unpaired) electrons. The van der Waals surface area contributed by atoms with Crippen LogP contribution in [0.1, 0.15) is 49.2 Å². The molecule has 1 aliphatic heterocycles. The van der Waals surface area contributed by atoms with Gasteiger partial charge in [-0.25, -0.2) is 8.42 Å². The zero-order valence-electron chi connectivity index (χ0n) is 18.2. The van der Waals surface area contributed by atoms with Gasteiger partial charge in [0.15, 0.2) is 0 Å². The molecule has 1 aromatic carbocycles. The summed E-state index contributed by atoms with van der Waals surface area (Å²) >= 11 is 0. The number of aromatic nitrogens is 2. The molecular weight excluding hydrogens is 402 g/mol. The van der Waals surface area contributed by atoms with Gasteiger partial charge >= 0.3 is 0 Å². The van der Waals surface area contributed by atoms with Crippen molar-refractivity contribution in [3.63, 3.8) is 0 Å². The zero-order valence-corrected chi connectivity index (χ0v) is 19.0. The zero-order chi connectivity index (χ0) is 21.9. The number of rotatable bonds is 7. The third kappa shape index (κ3) is 4.37. The van der Waals surface area contributed by atoms with E-state index in [2.05, 4.69) is 15.3 Å². The molecule has 0 saturated carbocycles. The summed E-state index contributed by atoms with van der Waals surface area (Å²) in [6.07, 6.45) is 4.33. The van der Waals surface area contributed by atoms with E-state index in [0.29, 0.717) is 24.3 Å². The molecule has 0 aliphatic carbocycles. The Morgan fingerprint density at radius 3 is 2.40 bits per heavy atom. The Kier molecular flexibility index (Phi) is 6.82. The third-order valence-corrected chi connectivity index (χ3v) is 7.65. The second-order valence-corrected chi connectivity index (χ2v) is 9.48. The van der Waals surface area contributed by atoms with E-state index >= 15 is 0 Å². The number of carbonyl (C=O) groups excluding carboxylic acids is 1. The molecule has 9 heteroatoms. The molecule has 1 N–H and O–H groups in total. The molecular formula is C21H31N5O3S. The molecule has 8 nitrogen and oxygen atoms in total. The van der Waals surface area contributed by atoms with Gasteiger partial charge < -0.3 is 10.2 Å². The second-order valence-electron chi connectivity index (χ2n) is 7.54. The van der Waals surface area contributed by atoms with Crippen LogP contribution in [0.4, 0.5) is 11.4 Å². The van der Waals surface area contributed by atoms with Gasteiger partial charge in [0.1, 0.15) is 0 Å². The van der Waals surface area contributed by atoms with Crippen molar-refractivity contribution >= 4 is 27.3 Å². The summed E-state index contributed by atoms with van der Waals surface area (Å²) in [5.74, 6) is -0.304. The van der Waals surface area contributed by atoms with Crippen molar-refractivity contribution in [1.82, 2.24) is 14.1 Å². The Morgan fingerprint density at radius 2 is 1.83 bits per heavy atom. The van der Waals surface area contributed by atoms with Crippen LogP contribution < -0.4 is 10.2 Å². The number of hydrogen-bond acceptors (Lipinski definition) is 5. The van der Waals surface area contributed by atoms with Gasteiger partial charge in [-0.3, -0.25) is 9.48 Å². The minimum atomic E-state index is -3.60. The number of carbonyl (C=O) groups is 1. The molecule has 1 aliphatic rings. The fraction of sp³-hybridized carbons (Fsp3) is 0.524. The van der Waals surface area contributed by atoms with Crippen molar-refractivity contribution < 1.29 is 13.2 Å². The number of sulfonamides is 1. The van der Waals surface area contributed by atoms with E-state index in [0.717, 1.165) is 43.7 Å². The van der Waals surface area contributed by atoms with Gasteiger partial charge in [0, 0.05) is 38.9 Å². The molecule has 1 fully saturated rings. The molecule has 1 aromatic heterocycles. The van der Waals surface area contributed by atoms with Gasteiger partial charge in [0.25, 0.3) is 5.91 Å². The van der Waals surface area contributed by atoms with Crippen LogP contribution in [-0.4, -0.2) is 54.6 Å². The third-order valence-electron chi connectivity index (χ3n) is 5.75. The average Bonchev–Trinajstić information content (AvgIpc) is 3.09. The Bertz CT molecular complexity index is 1010. The van der Waals surface area contributed by atoms with E-state index in [9.17, 15) is 13.2 Å². The first kappa shape index (κ1) is 22.3. The first-order valence-corrected chi connectivity index (χ1v) is 11.9. The summed E-state index contributed by atoms with van der Waals surface area (Å²) in [5, 5.41) is 7.06. The van der Waals surface area contributed by atoms with Crippen LogP contribution in [0.2, 0.25) is 0 Å². The van der Waals surface area contributed by atoms with Crippen molar-refractivity contribution in [2.45, 2.75) is 44.9 Å². The number of hydrogen-bond donors (Lipinski definition) is 1. The summed E-state index contributed by atoms with van der Waals surface area (Å²) in [6.45, 7) is 8.43. The van der Waals surface area contributed by atoms with Crippen LogP contribution >= 0.6 is 0 Å². The Balaban J connectivity index is 2.00. The largest absolute Gasteiger partial charge is 0.370 e. The first-order valence-electron chi connectivity index (χ1n) is 10.5. The molecule has 0 unspecified atom stereocenters. The van der Waals surface area contributed by atoms with Crippen LogP contribution in [-0.2, 0) is 17.1 Å². The number of piperidine rings is 1. The fourth-order valence-corrected chi connectivity index (χ4v) is 5.33. The summed E-state index contributed by atoms with van der Waals surface area (Å²) in [5.41, 5.74) is 2.50. The SMILES string of the molecule is CCN(CC)c1ccc(S(=O)(=O)N2CCCCC2)cc1NC(=O)c1cnn(C)c1C. The Morgan fingerprint density at radius 1 is 1.17 bits per heavy atom. The summed E-state index contributed by atoms with van der Waals surface area (Å²) in [7, 11) is -1.82. The van der Waals surface area contributed by atoms with E-state index in [1.54, 1.807) is 34.2 Å². The molecule has 30 heavy (non-hydrogen) atoms. The lowest BCUT2D eigenvalue weighted by atomic mass is 10.2. The van der Waals surface area contributed by atoms with Crippen LogP contribution in [0.5, 0.6) is 0 Å². The predicted octanol–water partition coefficient (Wildman–Crippen LogP) is 3.00. The maximum Gasteiger partial charge on any atom is 0.259 e. The fourth-order valence-electron chi connectivity index (χ4n) is 3.78. The number of nitrogens with zero attached hydrogens (tertiary/aromatic N) is 4. The van der Waals surface area contributed by atoms with Crippen molar-refractivity contribution in [1.29, 1.82) is 0 Å². The highest BCUT2D eigenvalue weighted by molar-refractivity contribution is 7.89. The van der Waals surface area contributed by atoms with Gasteiger partial charge in [-0.15, -0.1) is 0 Å². The Labute approximate surface area is 178 Å². The number of amides is 1. The van der Waals surface area contributed by atoms with Crippen LogP contribution in [0.25, 0.3) is 0 Å². The van der Waals surface area contributed by atoms with Crippen LogP contribution in [0.3, 0.4) is 0 Å². The van der Waals surface area contributed by atoms with Gasteiger partial charge in [0.05, 0.1) is 28.0 Å². The van der Waals surface area contributed by atoms with E-state index < -0.39 is 10.0 Å².